The predicted molar refractivity (Wildman–Crippen MR) is 73.9 cm³/mol. The SMILES string of the molecule is N#Cc1cc(OCc2cccc(C(=O)O)c2)ccc1Cl. The Morgan fingerprint density at radius 3 is 2.80 bits per heavy atom. The smallest absolute Gasteiger partial charge is 0.335 e. The first kappa shape index (κ1) is 13.9. The number of hydrogen-bond acceptors (Lipinski definition) is 3. The number of carboxylic acid groups (broad SMARTS) is 1. The molecule has 2 rings (SSSR count). The molecule has 2 aromatic carbocycles. The average Bonchev–Trinajstić information content (AvgIpc) is 2.46. The quantitative estimate of drug-likeness (QED) is 0.934. The summed E-state index contributed by atoms with van der Waals surface area (Å²) in [7, 11) is 0. The van der Waals surface area contributed by atoms with Crippen LogP contribution < -0.4 is 4.74 Å². The van der Waals surface area contributed by atoms with E-state index in [2.05, 4.69) is 0 Å². The maximum atomic E-state index is 10.9. The third-order valence-electron chi connectivity index (χ3n) is 2.64. The van der Waals surface area contributed by atoms with Crippen LogP contribution in [0.25, 0.3) is 0 Å². The van der Waals surface area contributed by atoms with Crippen molar-refractivity contribution in [2.45, 2.75) is 6.61 Å². The van der Waals surface area contributed by atoms with Crippen LogP contribution in [0.3, 0.4) is 0 Å². The lowest BCUT2D eigenvalue weighted by Crippen LogP contribution is -2.00. The van der Waals surface area contributed by atoms with Gasteiger partial charge in [0.15, 0.2) is 0 Å². The second-order valence-electron chi connectivity index (χ2n) is 4.05. The lowest BCUT2D eigenvalue weighted by molar-refractivity contribution is 0.0696. The molecule has 0 atom stereocenters. The van der Waals surface area contributed by atoms with E-state index in [9.17, 15) is 4.79 Å². The van der Waals surface area contributed by atoms with Crippen molar-refractivity contribution in [1.29, 1.82) is 5.26 Å². The molecule has 0 aliphatic heterocycles. The Morgan fingerprint density at radius 2 is 2.10 bits per heavy atom. The summed E-state index contributed by atoms with van der Waals surface area (Å²) >= 11 is 5.83. The number of aromatic carboxylic acids is 1. The fourth-order valence-electron chi connectivity index (χ4n) is 1.64. The molecule has 4 nitrogen and oxygen atoms in total. The van der Waals surface area contributed by atoms with Crippen molar-refractivity contribution in [3.05, 3.63) is 64.2 Å². The van der Waals surface area contributed by atoms with Crippen LogP contribution in [-0.2, 0) is 6.61 Å². The largest absolute Gasteiger partial charge is 0.489 e. The van der Waals surface area contributed by atoms with E-state index in [0.717, 1.165) is 5.56 Å². The molecule has 0 heterocycles. The topological polar surface area (TPSA) is 70.3 Å². The van der Waals surface area contributed by atoms with Gasteiger partial charge in [-0.05, 0) is 35.9 Å². The second kappa shape index (κ2) is 6.09. The third kappa shape index (κ3) is 3.28. The number of benzene rings is 2. The van der Waals surface area contributed by atoms with Crippen molar-refractivity contribution < 1.29 is 14.6 Å². The molecule has 0 saturated carbocycles. The first-order chi connectivity index (χ1) is 9.60. The number of hydrogen-bond donors (Lipinski definition) is 1. The fraction of sp³-hybridized carbons (Fsp3) is 0.0667. The maximum Gasteiger partial charge on any atom is 0.335 e. The molecule has 20 heavy (non-hydrogen) atoms. The zero-order chi connectivity index (χ0) is 14.5. The van der Waals surface area contributed by atoms with Crippen molar-refractivity contribution >= 4 is 17.6 Å². The highest BCUT2D eigenvalue weighted by Gasteiger charge is 2.05. The van der Waals surface area contributed by atoms with Crippen LogP contribution in [-0.4, -0.2) is 11.1 Å². The average molecular weight is 288 g/mol. The lowest BCUT2D eigenvalue weighted by Gasteiger charge is -2.07. The van der Waals surface area contributed by atoms with Gasteiger partial charge in [-0.1, -0.05) is 23.7 Å². The zero-order valence-corrected chi connectivity index (χ0v) is 11.1. The van der Waals surface area contributed by atoms with Gasteiger partial charge in [0.05, 0.1) is 16.1 Å². The number of carbonyl (C=O) groups is 1. The van der Waals surface area contributed by atoms with Crippen LogP contribution in [0.15, 0.2) is 42.5 Å². The summed E-state index contributed by atoms with van der Waals surface area (Å²) in [6.45, 7) is 0.216. The fourth-order valence-corrected chi connectivity index (χ4v) is 1.80. The first-order valence-electron chi connectivity index (χ1n) is 5.75. The summed E-state index contributed by atoms with van der Waals surface area (Å²) in [6.07, 6.45) is 0. The Morgan fingerprint density at radius 1 is 1.30 bits per heavy atom. The van der Waals surface area contributed by atoms with Crippen molar-refractivity contribution in [2.75, 3.05) is 0 Å². The van der Waals surface area contributed by atoms with Gasteiger partial charge in [0.1, 0.15) is 18.4 Å². The lowest BCUT2D eigenvalue weighted by atomic mass is 10.1. The number of nitrogens with zero attached hydrogens (tertiary/aromatic N) is 1. The Labute approximate surface area is 120 Å². The van der Waals surface area contributed by atoms with Crippen LogP contribution in [0, 0.1) is 11.3 Å². The molecule has 100 valence electrons. The number of ether oxygens (including phenoxy) is 1. The molecular formula is C15H10ClNO3. The molecule has 0 aromatic heterocycles. The van der Waals surface area contributed by atoms with Gasteiger partial charge in [-0.2, -0.15) is 5.26 Å². The summed E-state index contributed by atoms with van der Waals surface area (Å²) in [5.74, 6) is -0.475. The molecule has 0 fully saturated rings. The minimum absolute atomic E-state index is 0.208. The summed E-state index contributed by atoms with van der Waals surface area (Å²) in [5, 5.41) is 18.1. The summed E-state index contributed by atoms with van der Waals surface area (Å²) in [5.41, 5.74) is 1.28. The minimum Gasteiger partial charge on any atom is -0.489 e. The van der Waals surface area contributed by atoms with E-state index >= 15 is 0 Å². The normalized spacial score (nSPS) is 9.80. The molecule has 0 aliphatic carbocycles. The molecule has 0 aliphatic rings. The molecule has 2 aromatic rings. The number of carboxylic acids is 1. The molecule has 1 N–H and O–H groups in total. The Hall–Kier alpha value is -2.51. The highest BCUT2D eigenvalue weighted by molar-refractivity contribution is 6.31. The molecule has 0 saturated heterocycles. The highest BCUT2D eigenvalue weighted by Crippen LogP contribution is 2.22. The Kier molecular flexibility index (Phi) is 4.24. The third-order valence-corrected chi connectivity index (χ3v) is 2.97. The van der Waals surface area contributed by atoms with E-state index in [1.54, 1.807) is 36.4 Å². The van der Waals surface area contributed by atoms with Crippen LogP contribution in [0.1, 0.15) is 21.5 Å². The second-order valence-corrected chi connectivity index (χ2v) is 4.45. The molecule has 0 bridgehead atoms. The van der Waals surface area contributed by atoms with Gasteiger partial charge >= 0.3 is 5.97 Å². The van der Waals surface area contributed by atoms with Crippen LogP contribution in [0.2, 0.25) is 5.02 Å². The van der Waals surface area contributed by atoms with Gasteiger partial charge in [0.2, 0.25) is 0 Å². The maximum absolute atomic E-state index is 10.9. The monoisotopic (exact) mass is 287 g/mol. The highest BCUT2D eigenvalue weighted by atomic mass is 35.5. The van der Waals surface area contributed by atoms with E-state index in [4.69, 9.17) is 26.7 Å². The summed E-state index contributed by atoms with van der Waals surface area (Å²) in [6, 6.07) is 13.2. The molecule has 5 heteroatoms. The Bertz CT molecular complexity index is 692. The van der Waals surface area contributed by atoms with E-state index in [1.165, 1.54) is 6.07 Å². The van der Waals surface area contributed by atoms with Crippen molar-refractivity contribution in [3.63, 3.8) is 0 Å². The van der Waals surface area contributed by atoms with E-state index < -0.39 is 5.97 Å². The predicted octanol–water partition coefficient (Wildman–Crippen LogP) is 3.49. The summed E-state index contributed by atoms with van der Waals surface area (Å²) in [4.78, 5) is 10.9. The number of nitriles is 1. The summed E-state index contributed by atoms with van der Waals surface area (Å²) < 4.78 is 5.52. The standard InChI is InChI=1S/C15H10ClNO3/c16-14-5-4-13(7-12(14)8-17)20-9-10-2-1-3-11(6-10)15(18)19/h1-7H,9H2,(H,18,19). The van der Waals surface area contributed by atoms with Gasteiger partial charge in [0.25, 0.3) is 0 Å². The van der Waals surface area contributed by atoms with E-state index in [0.29, 0.717) is 16.3 Å². The number of halogens is 1. The molecular weight excluding hydrogens is 278 g/mol. The van der Waals surface area contributed by atoms with E-state index in [-0.39, 0.29) is 12.2 Å². The van der Waals surface area contributed by atoms with Gasteiger partial charge in [-0.15, -0.1) is 0 Å². The number of rotatable bonds is 4. The van der Waals surface area contributed by atoms with Crippen molar-refractivity contribution in [3.8, 4) is 11.8 Å². The molecule has 0 amide bonds. The minimum atomic E-state index is -0.981. The van der Waals surface area contributed by atoms with Crippen molar-refractivity contribution in [2.24, 2.45) is 0 Å². The van der Waals surface area contributed by atoms with Crippen LogP contribution in [0.5, 0.6) is 5.75 Å². The van der Waals surface area contributed by atoms with Crippen molar-refractivity contribution in [1.82, 2.24) is 0 Å². The van der Waals surface area contributed by atoms with Crippen LogP contribution >= 0.6 is 11.6 Å². The Balaban J connectivity index is 2.11. The van der Waals surface area contributed by atoms with Gasteiger partial charge in [-0.25, -0.2) is 4.79 Å². The van der Waals surface area contributed by atoms with Crippen LogP contribution in [0.4, 0.5) is 0 Å². The van der Waals surface area contributed by atoms with E-state index in [1.807, 2.05) is 6.07 Å². The molecule has 0 unspecified atom stereocenters. The zero-order valence-electron chi connectivity index (χ0n) is 10.3. The first-order valence-corrected chi connectivity index (χ1v) is 6.12. The van der Waals surface area contributed by atoms with Gasteiger partial charge < -0.3 is 9.84 Å². The van der Waals surface area contributed by atoms with Gasteiger partial charge in [0, 0.05) is 0 Å². The molecule has 0 spiro atoms. The molecule has 0 radical (unpaired) electrons. The van der Waals surface area contributed by atoms with Gasteiger partial charge in [-0.3, -0.25) is 0 Å².